The van der Waals surface area contributed by atoms with Gasteiger partial charge in [-0.1, -0.05) is 36.4 Å². The first-order valence-electron chi connectivity index (χ1n) is 13.5. The minimum Gasteiger partial charge on any atom is -0.383 e. The number of aromatic nitrogens is 4. The highest BCUT2D eigenvalue weighted by Gasteiger charge is 2.35. The second-order valence-corrected chi connectivity index (χ2v) is 10.1. The molecule has 1 aliphatic heterocycles. The van der Waals surface area contributed by atoms with Crippen molar-refractivity contribution in [3.8, 4) is 11.3 Å². The standard InChI is InChI=1S/C29H36FN7O2/c1-4-36-17-22(16-31-36)27-20(2)28(37(34-27)24-11-6-5-7-12-24)33-29(38)32-26-19-35(13-14-39-3)18-25(26)21-9-8-10-23(30)15-21/h5-11,15-17,24-26H,4,12-14,18-19H2,1-3H3,(H2,32,33,38)/t24?,25-,26+/m0/s1. The maximum atomic E-state index is 14.1. The summed E-state index contributed by atoms with van der Waals surface area (Å²) < 4.78 is 23.1. The Morgan fingerprint density at radius 2 is 2.13 bits per heavy atom. The molecule has 2 amide bonds. The van der Waals surface area contributed by atoms with E-state index in [0.29, 0.717) is 25.5 Å². The zero-order chi connectivity index (χ0) is 27.4. The molecule has 39 heavy (non-hydrogen) atoms. The number of carbonyl (C=O) groups excluding carboxylic acids is 1. The Labute approximate surface area is 228 Å². The van der Waals surface area contributed by atoms with Crippen molar-refractivity contribution in [2.75, 3.05) is 38.7 Å². The van der Waals surface area contributed by atoms with Crippen LogP contribution in [-0.2, 0) is 11.3 Å². The SMILES string of the molecule is CCn1cc(-c2nn(C3C=CC=CC3)c(NC(=O)N[C@@H]3CN(CCOC)C[C@H]3c3cccc(F)c3)c2C)cn1. The normalized spacial score (nSPS) is 21.0. The molecule has 1 unspecified atom stereocenters. The molecule has 3 aromatic rings. The molecule has 9 nitrogen and oxygen atoms in total. The highest BCUT2D eigenvalue weighted by molar-refractivity contribution is 5.90. The van der Waals surface area contributed by atoms with Gasteiger partial charge in [0.1, 0.15) is 17.3 Å². The van der Waals surface area contributed by atoms with Crippen LogP contribution in [0.3, 0.4) is 0 Å². The Kier molecular flexibility index (Phi) is 8.23. The number of anilines is 1. The minimum atomic E-state index is -0.314. The zero-order valence-electron chi connectivity index (χ0n) is 22.7. The van der Waals surface area contributed by atoms with Crippen LogP contribution in [0.2, 0.25) is 0 Å². The first kappa shape index (κ1) is 26.8. The Bertz CT molecular complexity index is 1360. The number of nitrogens with zero attached hydrogens (tertiary/aromatic N) is 5. The van der Waals surface area contributed by atoms with Crippen molar-refractivity contribution in [2.45, 2.75) is 44.8 Å². The van der Waals surface area contributed by atoms with E-state index >= 15 is 0 Å². The number of ether oxygens (including phenoxy) is 1. The third-order valence-corrected chi connectivity index (χ3v) is 7.48. The van der Waals surface area contributed by atoms with Crippen LogP contribution in [-0.4, -0.2) is 69.9 Å². The first-order valence-corrected chi connectivity index (χ1v) is 13.5. The van der Waals surface area contributed by atoms with Crippen LogP contribution in [0.4, 0.5) is 15.0 Å². The van der Waals surface area contributed by atoms with E-state index < -0.39 is 0 Å². The summed E-state index contributed by atoms with van der Waals surface area (Å²) in [7, 11) is 1.67. The number of urea groups is 1. The summed E-state index contributed by atoms with van der Waals surface area (Å²) in [4.78, 5) is 15.7. The van der Waals surface area contributed by atoms with Crippen LogP contribution in [0, 0.1) is 12.7 Å². The molecule has 10 heteroatoms. The van der Waals surface area contributed by atoms with E-state index in [1.807, 2.05) is 47.6 Å². The fourth-order valence-electron chi connectivity index (χ4n) is 5.41. The number of benzene rings is 1. The quantitative estimate of drug-likeness (QED) is 0.423. The average Bonchev–Trinajstić information content (AvgIpc) is 3.66. The van der Waals surface area contributed by atoms with Crippen molar-refractivity contribution in [2.24, 2.45) is 0 Å². The maximum Gasteiger partial charge on any atom is 0.320 e. The lowest BCUT2D eigenvalue weighted by molar-refractivity contribution is 0.159. The molecule has 2 aliphatic rings. The van der Waals surface area contributed by atoms with Crippen molar-refractivity contribution >= 4 is 11.8 Å². The molecular formula is C29H36FN7O2. The van der Waals surface area contributed by atoms with Crippen LogP contribution in [0.5, 0.6) is 0 Å². The van der Waals surface area contributed by atoms with Gasteiger partial charge in [0.15, 0.2) is 0 Å². The highest BCUT2D eigenvalue weighted by Crippen LogP contribution is 2.33. The molecule has 1 aromatic carbocycles. The molecule has 0 radical (unpaired) electrons. The van der Waals surface area contributed by atoms with E-state index in [0.717, 1.165) is 41.9 Å². The topological polar surface area (TPSA) is 89.2 Å². The summed E-state index contributed by atoms with van der Waals surface area (Å²) in [6.45, 7) is 7.46. The largest absolute Gasteiger partial charge is 0.383 e. The van der Waals surface area contributed by atoms with Crippen molar-refractivity contribution in [1.82, 2.24) is 29.8 Å². The number of methoxy groups -OCH3 is 1. The van der Waals surface area contributed by atoms with Gasteiger partial charge in [-0.3, -0.25) is 14.9 Å². The van der Waals surface area contributed by atoms with E-state index in [-0.39, 0.29) is 29.8 Å². The van der Waals surface area contributed by atoms with Gasteiger partial charge >= 0.3 is 6.03 Å². The number of amides is 2. The molecule has 5 rings (SSSR count). The van der Waals surface area contributed by atoms with Crippen LogP contribution in [0.15, 0.2) is 61.0 Å². The van der Waals surface area contributed by atoms with Crippen molar-refractivity contribution < 1.29 is 13.9 Å². The van der Waals surface area contributed by atoms with E-state index in [4.69, 9.17) is 9.84 Å². The lowest BCUT2D eigenvalue weighted by Gasteiger charge is -2.22. The summed E-state index contributed by atoms with van der Waals surface area (Å²) in [6.07, 6.45) is 12.7. The number of aryl methyl sites for hydroxylation is 1. The van der Waals surface area contributed by atoms with E-state index in [1.165, 1.54) is 6.07 Å². The molecular weight excluding hydrogens is 497 g/mol. The number of allylic oxidation sites excluding steroid dienone is 4. The van der Waals surface area contributed by atoms with Crippen molar-refractivity contribution in [3.63, 3.8) is 0 Å². The molecule has 3 atom stereocenters. The molecule has 1 aliphatic carbocycles. The van der Waals surface area contributed by atoms with E-state index in [1.54, 1.807) is 25.4 Å². The van der Waals surface area contributed by atoms with Gasteiger partial charge in [0, 0.05) is 56.5 Å². The van der Waals surface area contributed by atoms with Crippen LogP contribution in [0.1, 0.15) is 36.4 Å². The maximum absolute atomic E-state index is 14.1. The van der Waals surface area contributed by atoms with Gasteiger partial charge in [-0.25, -0.2) is 13.9 Å². The monoisotopic (exact) mass is 533 g/mol. The van der Waals surface area contributed by atoms with Crippen LogP contribution < -0.4 is 10.6 Å². The summed E-state index contributed by atoms with van der Waals surface area (Å²) in [5.74, 6) is 0.323. The predicted octanol–water partition coefficient (Wildman–Crippen LogP) is 4.51. The van der Waals surface area contributed by atoms with Crippen LogP contribution in [0.25, 0.3) is 11.3 Å². The van der Waals surface area contributed by atoms with E-state index in [2.05, 4.69) is 32.8 Å². The molecule has 3 heterocycles. The lowest BCUT2D eigenvalue weighted by atomic mass is 9.94. The smallest absolute Gasteiger partial charge is 0.320 e. The average molecular weight is 534 g/mol. The van der Waals surface area contributed by atoms with Gasteiger partial charge in [0.05, 0.1) is 24.9 Å². The van der Waals surface area contributed by atoms with Crippen molar-refractivity contribution in [1.29, 1.82) is 0 Å². The number of hydrogen-bond acceptors (Lipinski definition) is 5. The van der Waals surface area contributed by atoms with Gasteiger partial charge in [-0.2, -0.15) is 10.2 Å². The molecule has 1 saturated heterocycles. The fourth-order valence-corrected chi connectivity index (χ4v) is 5.41. The molecule has 1 fully saturated rings. The predicted molar refractivity (Wildman–Crippen MR) is 149 cm³/mol. The Morgan fingerprint density at radius 1 is 1.26 bits per heavy atom. The third-order valence-electron chi connectivity index (χ3n) is 7.48. The second kappa shape index (κ2) is 12.0. The zero-order valence-corrected chi connectivity index (χ0v) is 22.7. The first-order chi connectivity index (χ1) is 19.0. The van der Waals surface area contributed by atoms with Gasteiger partial charge in [0.25, 0.3) is 0 Å². The molecule has 2 N–H and O–H groups in total. The number of nitrogens with one attached hydrogen (secondary N) is 2. The Morgan fingerprint density at radius 3 is 2.85 bits per heavy atom. The molecule has 0 bridgehead atoms. The van der Waals surface area contributed by atoms with Gasteiger partial charge in [-0.15, -0.1) is 0 Å². The van der Waals surface area contributed by atoms with Gasteiger partial charge in [0.2, 0.25) is 0 Å². The fraction of sp³-hybridized carbons (Fsp3) is 0.414. The summed E-state index contributed by atoms with van der Waals surface area (Å²) in [5, 5.41) is 15.6. The van der Waals surface area contributed by atoms with Gasteiger partial charge < -0.3 is 10.1 Å². The molecule has 0 spiro atoms. The summed E-state index contributed by atoms with van der Waals surface area (Å²) in [5.41, 5.74) is 3.44. The Hall–Kier alpha value is -3.76. The second-order valence-electron chi connectivity index (χ2n) is 10.1. The molecule has 206 valence electrons. The summed E-state index contributed by atoms with van der Waals surface area (Å²) in [6, 6.07) is 6.11. The number of carbonyl (C=O) groups is 1. The number of halogens is 1. The number of hydrogen-bond donors (Lipinski definition) is 2. The molecule has 0 saturated carbocycles. The summed E-state index contributed by atoms with van der Waals surface area (Å²) >= 11 is 0. The highest BCUT2D eigenvalue weighted by atomic mass is 19.1. The number of rotatable bonds is 9. The third kappa shape index (κ3) is 5.97. The van der Waals surface area contributed by atoms with E-state index in [9.17, 15) is 9.18 Å². The molecule has 2 aromatic heterocycles. The minimum absolute atomic E-state index is 0.0185. The lowest BCUT2D eigenvalue weighted by Crippen LogP contribution is -2.42. The van der Waals surface area contributed by atoms with Gasteiger partial charge in [-0.05, 0) is 38.0 Å². The number of likely N-dealkylation sites (tertiary alicyclic amines) is 1. The van der Waals surface area contributed by atoms with Crippen molar-refractivity contribution in [3.05, 3.63) is 77.9 Å². The Balaban J connectivity index is 1.39. The van der Waals surface area contributed by atoms with Crippen LogP contribution >= 0.6 is 0 Å².